The topological polar surface area (TPSA) is 71.5 Å². The van der Waals surface area contributed by atoms with E-state index in [2.05, 4.69) is 18.1 Å². The minimum Gasteiger partial charge on any atom is -0.409 e. The lowest BCUT2D eigenvalue weighted by Crippen LogP contribution is -2.18. The Morgan fingerprint density at radius 1 is 1.47 bits per heavy atom. The molecule has 0 bridgehead atoms. The van der Waals surface area contributed by atoms with Crippen molar-refractivity contribution in [1.82, 2.24) is 4.98 Å². The number of rotatable bonds is 5. The minimum atomic E-state index is 0.167. The molecule has 0 aliphatic heterocycles. The maximum atomic E-state index is 8.91. The summed E-state index contributed by atoms with van der Waals surface area (Å²) in [5.41, 5.74) is 9.01. The van der Waals surface area contributed by atoms with E-state index in [1.54, 1.807) is 11.8 Å². The Hall–Kier alpha value is -1.23. The third-order valence-corrected chi connectivity index (χ3v) is 4.46. The molecule has 1 aromatic rings. The molecule has 0 spiro atoms. The van der Waals surface area contributed by atoms with Gasteiger partial charge < -0.3 is 10.9 Å². The highest BCUT2D eigenvalue weighted by Crippen LogP contribution is 2.28. The molecule has 0 saturated carbocycles. The number of pyridine rings is 1. The zero-order chi connectivity index (χ0) is 13.7. The molecule has 0 saturated heterocycles. The molecule has 104 valence electrons. The number of nitrogens with zero attached hydrogens (tertiary/aromatic N) is 2. The summed E-state index contributed by atoms with van der Waals surface area (Å²) in [6, 6.07) is 2.06. The highest BCUT2D eigenvalue weighted by molar-refractivity contribution is 7.99. The third kappa shape index (κ3) is 3.41. The predicted molar refractivity (Wildman–Crippen MR) is 79.0 cm³/mol. The van der Waals surface area contributed by atoms with Gasteiger partial charge >= 0.3 is 0 Å². The van der Waals surface area contributed by atoms with Gasteiger partial charge in [0.15, 0.2) is 5.84 Å². The molecule has 0 fully saturated rings. The third-order valence-electron chi connectivity index (χ3n) is 3.39. The van der Waals surface area contributed by atoms with E-state index in [1.807, 2.05) is 0 Å². The number of oxime groups is 1. The number of fused-ring (bicyclic) bond motifs is 1. The first kappa shape index (κ1) is 14.2. The van der Waals surface area contributed by atoms with E-state index in [4.69, 9.17) is 15.9 Å². The second kappa shape index (κ2) is 6.80. The van der Waals surface area contributed by atoms with Gasteiger partial charge in [-0.3, -0.25) is 0 Å². The molecule has 0 aromatic carbocycles. The summed E-state index contributed by atoms with van der Waals surface area (Å²) in [4.78, 5) is 4.75. The van der Waals surface area contributed by atoms with Crippen LogP contribution in [0.15, 0.2) is 16.2 Å². The molecule has 0 amide bonds. The number of hydrogen-bond donors (Lipinski definition) is 2. The van der Waals surface area contributed by atoms with E-state index in [-0.39, 0.29) is 5.84 Å². The number of unbranched alkanes of at least 4 members (excludes halogenated alkanes) is 1. The van der Waals surface area contributed by atoms with E-state index in [9.17, 15) is 0 Å². The number of amidine groups is 1. The first-order chi connectivity index (χ1) is 9.26. The highest BCUT2D eigenvalue weighted by atomic mass is 32.2. The highest BCUT2D eigenvalue weighted by Gasteiger charge is 2.17. The summed E-state index contributed by atoms with van der Waals surface area (Å²) in [5, 5.41) is 13.0. The molecule has 1 aromatic heterocycles. The van der Waals surface area contributed by atoms with Crippen LogP contribution in [0.5, 0.6) is 0 Å². The molecule has 2 rings (SSSR count). The fraction of sp³-hybridized carbons (Fsp3) is 0.571. The van der Waals surface area contributed by atoms with E-state index < -0.39 is 0 Å². The first-order valence-electron chi connectivity index (χ1n) is 6.89. The Morgan fingerprint density at radius 3 is 3.00 bits per heavy atom. The van der Waals surface area contributed by atoms with E-state index in [1.165, 1.54) is 24.1 Å². The van der Waals surface area contributed by atoms with Gasteiger partial charge in [0, 0.05) is 5.69 Å². The van der Waals surface area contributed by atoms with Gasteiger partial charge in [-0.25, -0.2) is 4.98 Å². The smallest absolute Gasteiger partial charge is 0.172 e. The largest absolute Gasteiger partial charge is 0.409 e. The van der Waals surface area contributed by atoms with Crippen molar-refractivity contribution in [3.05, 3.63) is 22.9 Å². The quantitative estimate of drug-likeness (QED) is 0.217. The Bertz CT molecular complexity index is 474. The Labute approximate surface area is 118 Å². The van der Waals surface area contributed by atoms with E-state index >= 15 is 0 Å². The molecule has 5 heteroatoms. The molecule has 0 unspecified atom stereocenters. The predicted octanol–water partition coefficient (Wildman–Crippen LogP) is 2.95. The monoisotopic (exact) mass is 279 g/mol. The number of nitrogens with two attached hydrogens (primary N) is 1. The molecular formula is C14H21N3OS. The molecular weight excluding hydrogens is 258 g/mol. The Kier molecular flexibility index (Phi) is 5.07. The summed E-state index contributed by atoms with van der Waals surface area (Å²) in [5.74, 6) is 1.19. The van der Waals surface area contributed by atoms with Crippen molar-refractivity contribution in [2.24, 2.45) is 10.9 Å². The van der Waals surface area contributed by atoms with Crippen LogP contribution in [-0.4, -0.2) is 21.8 Å². The lowest BCUT2D eigenvalue weighted by Gasteiger charge is -2.18. The zero-order valence-corrected chi connectivity index (χ0v) is 12.2. The van der Waals surface area contributed by atoms with Crippen molar-refractivity contribution in [3.8, 4) is 0 Å². The summed E-state index contributed by atoms with van der Waals surface area (Å²) in [6.07, 6.45) is 6.82. The van der Waals surface area contributed by atoms with Gasteiger partial charge in [-0.2, -0.15) is 0 Å². The van der Waals surface area contributed by atoms with Crippen LogP contribution in [0.2, 0.25) is 0 Å². The fourth-order valence-corrected chi connectivity index (χ4v) is 3.40. The van der Waals surface area contributed by atoms with E-state index in [0.717, 1.165) is 42.0 Å². The molecule has 0 radical (unpaired) electrons. The molecule has 0 atom stereocenters. The van der Waals surface area contributed by atoms with Crippen LogP contribution < -0.4 is 5.73 Å². The van der Waals surface area contributed by atoms with Gasteiger partial charge in [0.25, 0.3) is 0 Å². The molecule has 1 aliphatic rings. The second-order valence-electron chi connectivity index (χ2n) is 4.84. The maximum absolute atomic E-state index is 8.91. The van der Waals surface area contributed by atoms with Crippen LogP contribution in [-0.2, 0) is 12.8 Å². The molecule has 4 nitrogen and oxygen atoms in total. The van der Waals surface area contributed by atoms with Gasteiger partial charge in [0.2, 0.25) is 0 Å². The van der Waals surface area contributed by atoms with Crippen molar-refractivity contribution in [1.29, 1.82) is 0 Å². The summed E-state index contributed by atoms with van der Waals surface area (Å²) in [7, 11) is 0. The normalized spacial score (nSPS) is 15.3. The number of hydrogen-bond acceptors (Lipinski definition) is 4. The average molecular weight is 279 g/mol. The Morgan fingerprint density at radius 2 is 2.26 bits per heavy atom. The average Bonchev–Trinajstić information content (AvgIpc) is 2.46. The van der Waals surface area contributed by atoms with Crippen LogP contribution in [0.25, 0.3) is 0 Å². The zero-order valence-electron chi connectivity index (χ0n) is 11.4. The van der Waals surface area contributed by atoms with Crippen LogP contribution >= 0.6 is 11.8 Å². The fourth-order valence-electron chi connectivity index (χ4n) is 2.28. The van der Waals surface area contributed by atoms with Gasteiger partial charge in [0.05, 0.1) is 5.56 Å². The lowest BCUT2D eigenvalue weighted by atomic mass is 9.95. The van der Waals surface area contributed by atoms with Gasteiger partial charge in [-0.05, 0) is 49.5 Å². The summed E-state index contributed by atoms with van der Waals surface area (Å²) < 4.78 is 0. The lowest BCUT2D eigenvalue weighted by molar-refractivity contribution is 0.318. The van der Waals surface area contributed by atoms with Gasteiger partial charge in [0.1, 0.15) is 5.03 Å². The molecule has 1 aliphatic carbocycles. The SMILES string of the molecule is CCCCSc1nc2c(cc1C(N)=NO)CCCC2. The Balaban J connectivity index is 2.31. The van der Waals surface area contributed by atoms with Crippen molar-refractivity contribution in [2.45, 2.75) is 50.5 Å². The van der Waals surface area contributed by atoms with Crippen molar-refractivity contribution in [2.75, 3.05) is 5.75 Å². The summed E-state index contributed by atoms with van der Waals surface area (Å²) in [6.45, 7) is 2.17. The van der Waals surface area contributed by atoms with Gasteiger partial charge in [-0.1, -0.05) is 18.5 Å². The van der Waals surface area contributed by atoms with Crippen molar-refractivity contribution >= 4 is 17.6 Å². The first-order valence-corrected chi connectivity index (χ1v) is 7.88. The van der Waals surface area contributed by atoms with E-state index in [0.29, 0.717) is 0 Å². The molecule has 1 heterocycles. The van der Waals surface area contributed by atoms with Crippen molar-refractivity contribution in [3.63, 3.8) is 0 Å². The summed E-state index contributed by atoms with van der Waals surface area (Å²) >= 11 is 1.71. The minimum absolute atomic E-state index is 0.167. The maximum Gasteiger partial charge on any atom is 0.172 e. The number of aromatic nitrogens is 1. The number of aryl methyl sites for hydroxylation is 2. The molecule has 3 N–H and O–H groups in total. The van der Waals surface area contributed by atoms with Crippen LogP contribution in [0, 0.1) is 0 Å². The van der Waals surface area contributed by atoms with Crippen LogP contribution in [0.4, 0.5) is 0 Å². The molecule has 19 heavy (non-hydrogen) atoms. The van der Waals surface area contributed by atoms with Crippen molar-refractivity contribution < 1.29 is 5.21 Å². The van der Waals surface area contributed by atoms with Crippen LogP contribution in [0.1, 0.15) is 49.4 Å². The van der Waals surface area contributed by atoms with Gasteiger partial charge in [-0.15, -0.1) is 11.8 Å². The van der Waals surface area contributed by atoms with Crippen LogP contribution in [0.3, 0.4) is 0 Å². The standard InChI is InChI=1S/C14H21N3OS/c1-2-3-8-19-14-11(13(15)17-18)9-10-6-4-5-7-12(10)16-14/h9,18H,2-8H2,1H3,(H2,15,17). The second-order valence-corrected chi connectivity index (χ2v) is 5.92. The number of thioether (sulfide) groups is 1.